The first-order chi connectivity index (χ1) is 16.9. The fourth-order valence-electron chi connectivity index (χ4n) is 4.83. The molecule has 1 aromatic carbocycles. The Bertz CT molecular complexity index is 1180. The molecule has 35 heavy (non-hydrogen) atoms. The quantitative estimate of drug-likeness (QED) is 0.271. The van der Waals surface area contributed by atoms with E-state index in [1.807, 2.05) is 4.90 Å². The summed E-state index contributed by atoms with van der Waals surface area (Å²) in [5.74, 6) is -1.29. The molecule has 0 radical (unpaired) electrons. The molecule has 2 saturated heterocycles. The summed E-state index contributed by atoms with van der Waals surface area (Å²) in [6.45, 7) is 2.14. The van der Waals surface area contributed by atoms with Crippen LogP contribution in [0.2, 0.25) is 0 Å². The smallest absolute Gasteiger partial charge is 0.270 e. The number of nitrogens with zero attached hydrogens (tertiary/aromatic N) is 4. The van der Waals surface area contributed by atoms with Gasteiger partial charge in [-0.2, -0.15) is 0 Å². The van der Waals surface area contributed by atoms with Gasteiger partial charge in [0.1, 0.15) is 0 Å². The first kappa shape index (κ1) is 24.3. The second kappa shape index (κ2) is 10.6. The monoisotopic (exact) mass is 480 g/mol. The van der Waals surface area contributed by atoms with Crippen LogP contribution in [0.25, 0.3) is 0 Å². The maximum Gasteiger partial charge on any atom is 0.270 e. The molecule has 2 aromatic rings. The molecule has 2 fully saturated rings. The first-order valence-corrected chi connectivity index (χ1v) is 11.9. The standard InChI is InChI=1S/C25H28N4O6/c30-21-9-2-5-14-28(21)22(23(31)19-7-6-8-20(17-19)29(34)35)25(33)27-15-10-18(11-16-27)24(32)26-12-3-1-4-13-26/h2,5-9,14,17-18,22H,1,3-4,10-13,15-16H2. The summed E-state index contributed by atoms with van der Waals surface area (Å²) in [6, 6.07) is 7.96. The summed E-state index contributed by atoms with van der Waals surface area (Å²) >= 11 is 0. The minimum Gasteiger partial charge on any atom is -0.342 e. The number of ketones is 1. The lowest BCUT2D eigenvalue weighted by Gasteiger charge is -2.36. The number of amides is 2. The molecular formula is C25H28N4O6. The number of aromatic nitrogens is 1. The van der Waals surface area contributed by atoms with Crippen LogP contribution < -0.4 is 5.56 Å². The van der Waals surface area contributed by atoms with Gasteiger partial charge >= 0.3 is 0 Å². The lowest BCUT2D eigenvalue weighted by Crippen LogP contribution is -2.49. The molecule has 0 spiro atoms. The molecule has 2 aliphatic rings. The third kappa shape index (κ3) is 5.31. The molecule has 10 heteroatoms. The molecule has 184 valence electrons. The summed E-state index contributed by atoms with van der Waals surface area (Å²) < 4.78 is 1.06. The number of carbonyl (C=O) groups is 3. The number of piperidine rings is 2. The first-order valence-electron chi connectivity index (χ1n) is 11.9. The Labute approximate surface area is 202 Å². The Morgan fingerprint density at radius 2 is 1.63 bits per heavy atom. The molecule has 1 aromatic heterocycles. The number of hydrogen-bond donors (Lipinski definition) is 0. The van der Waals surface area contributed by atoms with Crippen molar-refractivity contribution in [2.45, 2.75) is 38.1 Å². The highest BCUT2D eigenvalue weighted by Gasteiger charge is 2.37. The van der Waals surface area contributed by atoms with E-state index >= 15 is 0 Å². The maximum absolute atomic E-state index is 13.6. The fraction of sp³-hybridized carbons (Fsp3) is 0.440. The Hall–Kier alpha value is -3.82. The summed E-state index contributed by atoms with van der Waals surface area (Å²) in [7, 11) is 0. The van der Waals surface area contributed by atoms with Crippen LogP contribution in [0.3, 0.4) is 0 Å². The van der Waals surface area contributed by atoms with Crippen molar-refractivity contribution in [3.8, 4) is 0 Å². The van der Waals surface area contributed by atoms with Gasteiger partial charge in [0.15, 0.2) is 11.8 Å². The van der Waals surface area contributed by atoms with Crippen LogP contribution in [0.1, 0.15) is 48.5 Å². The van der Waals surface area contributed by atoms with Crippen LogP contribution in [-0.2, 0) is 9.59 Å². The number of pyridine rings is 1. The number of carbonyl (C=O) groups excluding carboxylic acids is 3. The number of non-ortho nitro benzene ring substituents is 1. The van der Waals surface area contributed by atoms with Crippen molar-refractivity contribution < 1.29 is 19.3 Å². The number of nitro groups is 1. The van der Waals surface area contributed by atoms with Crippen molar-refractivity contribution in [1.82, 2.24) is 14.4 Å². The summed E-state index contributed by atoms with van der Waals surface area (Å²) in [5, 5.41) is 11.2. The predicted molar refractivity (Wildman–Crippen MR) is 127 cm³/mol. The lowest BCUT2D eigenvalue weighted by atomic mass is 9.93. The topological polar surface area (TPSA) is 123 Å². The molecule has 2 amide bonds. The molecule has 0 saturated carbocycles. The van der Waals surface area contributed by atoms with E-state index in [9.17, 15) is 29.3 Å². The summed E-state index contributed by atoms with van der Waals surface area (Å²) in [4.78, 5) is 66.4. The van der Waals surface area contributed by atoms with Gasteiger partial charge in [0.2, 0.25) is 5.91 Å². The van der Waals surface area contributed by atoms with Crippen LogP contribution in [-0.4, -0.2) is 63.1 Å². The number of benzene rings is 1. The molecule has 10 nitrogen and oxygen atoms in total. The number of likely N-dealkylation sites (tertiary alicyclic amines) is 2. The third-order valence-electron chi connectivity index (χ3n) is 6.78. The van der Waals surface area contributed by atoms with Crippen LogP contribution in [0.4, 0.5) is 5.69 Å². The lowest BCUT2D eigenvalue weighted by molar-refractivity contribution is -0.384. The van der Waals surface area contributed by atoms with Crippen molar-refractivity contribution in [2.24, 2.45) is 5.92 Å². The highest BCUT2D eigenvalue weighted by Crippen LogP contribution is 2.26. The number of rotatable bonds is 6. The van der Waals surface area contributed by atoms with Crippen molar-refractivity contribution in [2.75, 3.05) is 26.2 Å². The minimum absolute atomic E-state index is 0.0246. The molecule has 2 aliphatic heterocycles. The van der Waals surface area contributed by atoms with E-state index in [1.54, 1.807) is 6.07 Å². The van der Waals surface area contributed by atoms with Gasteiger partial charge in [-0.1, -0.05) is 18.2 Å². The maximum atomic E-state index is 13.6. The van der Waals surface area contributed by atoms with Gasteiger partial charge in [0.25, 0.3) is 17.2 Å². The highest BCUT2D eigenvalue weighted by molar-refractivity contribution is 6.12. The molecule has 0 aliphatic carbocycles. The van der Waals surface area contributed by atoms with Gasteiger partial charge in [-0.15, -0.1) is 0 Å². The highest BCUT2D eigenvalue weighted by atomic mass is 16.6. The molecular weight excluding hydrogens is 452 g/mol. The van der Waals surface area contributed by atoms with Gasteiger partial charge in [-0.25, -0.2) is 0 Å². The molecule has 3 heterocycles. The average molecular weight is 481 g/mol. The summed E-state index contributed by atoms with van der Waals surface area (Å²) in [6.07, 6.45) is 5.50. The molecule has 0 N–H and O–H groups in total. The van der Waals surface area contributed by atoms with E-state index in [0.29, 0.717) is 25.9 Å². The Kier molecular flexibility index (Phi) is 7.38. The zero-order valence-corrected chi connectivity index (χ0v) is 19.4. The van der Waals surface area contributed by atoms with Crippen molar-refractivity contribution in [3.63, 3.8) is 0 Å². The molecule has 4 rings (SSSR count). The van der Waals surface area contributed by atoms with Crippen molar-refractivity contribution >= 4 is 23.3 Å². The number of nitro benzene ring substituents is 1. The second-order valence-electron chi connectivity index (χ2n) is 9.01. The van der Waals surface area contributed by atoms with Gasteiger partial charge in [0, 0.05) is 62.1 Å². The van der Waals surface area contributed by atoms with Crippen molar-refractivity contribution in [1.29, 1.82) is 0 Å². The van der Waals surface area contributed by atoms with E-state index < -0.39 is 28.2 Å². The Morgan fingerprint density at radius 1 is 0.914 bits per heavy atom. The van der Waals surface area contributed by atoms with Gasteiger partial charge in [-0.3, -0.25) is 33.9 Å². The molecule has 1 atom stereocenters. The van der Waals surface area contributed by atoms with Crippen LogP contribution in [0.5, 0.6) is 0 Å². The fourth-order valence-corrected chi connectivity index (χ4v) is 4.83. The summed E-state index contributed by atoms with van der Waals surface area (Å²) in [5.41, 5.74) is -0.831. The predicted octanol–water partition coefficient (Wildman–Crippen LogP) is 2.43. The van der Waals surface area contributed by atoms with Gasteiger partial charge in [0.05, 0.1) is 4.92 Å². The average Bonchev–Trinajstić information content (AvgIpc) is 2.90. The zero-order chi connectivity index (χ0) is 24.9. The van der Waals surface area contributed by atoms with Crippen LogP contribution in [0.15, 0.2) is 53.5 Å². The number of hydrogen-bond acceptors (Lipinski definition) is 6. The molecule has 0 bridgehead atoms. The zero-order valence-electron chi connectivity index (χ0n) is 19.4. The van der Waals surface area contributed by atoms with Crippen molar-refractivity contribution in [3.05, 3.63) is 74.7 Å². The van der Waals surface area contributed by atoms with Gasteiger partial charge in [-0.05, 0) is 38.2 Å². The SMILES string of the molecule is O=C(c1cccc([N+](=O)[O-])c1)C(C(=O)N1CCC(C(=O)N2CCCCC2)CC1)n1ccccc1=O. The minimum atomic E-state index is -1.49. The largest absolute Gasteiger partial charge is 0.342 e. The Morgan fingerprint density at radius 3 is 2.29 bits per heavy atom. The normalized spacial score (nSPS) is 17.6. The van der Waals surface area contributed by atoms with Crippen LogP contribution >= 0.6 is 0 Å². The van der Waals surface area contributed by atoms with Gasteiger partial charge < -0.3 is 9.80 Å². The van der Waals surface area contributed by atoms with E-state index in [4.69, 9.17) is 0 Å². The van der Waals surface area contributed by atoms with E-state index in [2.05, 4.69) is 0 Å². The second-order valence-corrected chi connectivity index (χ2v) is 9.01. The molecule has 1 unspecified atom stereocenters. The number of Topliss-reactive ketones (excluding diaryl/α,β-unsaturated/α-hetero) is 1. The van der Waals surface area contributed by atoms with Crippen LogP contribution in [0, 0.1) is 16.0 Å². The van der Waals surface area contributed by atoms with E-state index in [0.717, 1.165) is 43.0 Å². The van der Waals surface area contributed by atoms with E-state index in [-0.39, 0.29) is 23.1 Å². The van der Waals surface area contributed by atoms with E-state index in [1.165, 1.54) is 41.4 Å². The third-order valence-corrected chi connectivity index (χ3v) is 6.78. The Balaban J connectivity index is 1.55.